The van der Waals surface area contributed by atoms with Crippen molar-refractivity contribution in [1.82, 2.24) is 10.2 Å². The molecule has 88 valence electrons. The van der Waals surface area contributed by atoms with Crippen LogP contribution in [0.1, 0.15) is 19.4 Å². The molecule has 0 aliphatic rings. The summed E-state index contributed by atoms with van der Waals surface area (Å²) in [5.74, 6) is 0. The molecule has 3 nitrogen and oxygen atoms in total. The van der Waals surface area contributed by atoms with E-state index in [4.69, 9.17) is 0 Å². The van der Waals surface area contributed by atoms with E-state index in [1.165, 1.54) is 0 Å². The molecule has 0 spiro atoms. The molecule has 16 heavy (non-hydrogen) atoms. The lowest BCUT2D eigenvalue weighted by Gasteiger charge is -2.19. The first-order valence-electron chi connectivity index (χ1n) is 5.44. The Morgan fingerprint density at radius 1 is 1.38 bits per heavy atom. The second-order valence-electron chi connectivity index (χ2n) is 3.46. The summed E-state index contributed by atoms with van der Waals surface area (Å²) in [6.45, 7) is 5.99. The Balaban J connectivity index is 2.48. The van der Waals surface area contributed by atoms with Crippen molar-refractivity contribution in [3.05, 3.63) is 34.3 Å². The smallest absolute Gasteiger partial charge is 0.317 e. The van der Waals surface area contributed by atoms with Crippen molar-refractivity contribution in [2.45, 2.75) is 20.4 Å². The van der Waals surface area contributed by atoms with Crippen LogP contribution < -0.4 is 5.32 Å². The van der Waals surface area contributed by atoms with E-state index < -0.39 is 0 Å². The van der Waals surface area contributed by atoms with Crippen LogP contribution >= 0.6 is 15.9 Å². The van der Waals surface area contributed by atoms with E-state index in [-0.39, 0.29) is 6.03 Å². The lowest BCUT2D eigenvalue weighted by atomic mass is 10.2. The van der Waals surface area contributed by atoms with Crippen LogP contribution in [0.5, 0.6) is 0 Å². The molecule has 0 fully saturated rings. The number of amides is 2. The summed E-state index contributed by atoms with van der Waals surface area (Å²) in [4.78, 5) is 13.4. The second-order valence-corrected chi connectivity index (χ2v) is 4.38. The maximum Gasteiger partial charge on any atom is 0.317 e. The van der Waals surface area contributed by atoms with Crippen LogP contribution in [0, 0.1) is 0 Å². The van der Waals surface area contributed by atoms with Gasteiger partial charge in [0.2, 0.25) is 0 Å². The van der Waals surface area contributed by atoms with Crippen LogP contribution in [-0.4, -0.2) is 24.0 Å². The molecule has 4 heteroatoms. The Labute approximate surface area is 105 Å². The average Bonchev–Trinajstić information content (AvgIpc) is 2.28. The fourth-order valence-corrected chi connectivity index (χ4v) is 1.89. The van der Waals surface area contributed by atoms with E-state index in [9.17, 15) is 4.79 Å². The number of urea groups is 1. The van der Waals surface area contributed by atoms with Gasteiger partial charge in [0.1, 0.15) is 0 Å². The van der Waals surface area contributed by atoms with Crippen LogP contribution in [0.25, 0.3) is 0 Å². The van der Waals surface area contributed by atoms with Crippen molar-refractivity contribution in [3.63, 3.8) is 0 Å². The zero-order chi connectivity index (χ0) is 12.0. The van der Waals surface area contributed by atoms with Crippen LogP contribution in [0.15, 0.2) is 28.7 Å². The van der Waals surface area contributed by atoms with Gasteiger partial charge >= 0.3 is 6.03 Å². The van der Waals surface area contributed by atoms with E-state index >= 15 is 0 Å². The molecule has 0 radical (unpaired) electrons. The summed E-state index contributed by atoms with van der Waals surface area (Å²) in [7, 11) is 0. The standard InChI is InChI=1S/C12H17BrN2O/c1-3-15(4-2)12(16)14-9-10-6-5-7-11(13)8-10/h5-8H,3-4,9H2,1-2H3,(H,14,16). The second kappa shape index (κ2) is 6.53. The van der Waals surface area contributed by atoms with E-state index in [0.717, 1.165) is 23.1 Å². The molecule has 1 N–H and O–H groups in total. The molecule has 0 aliphatic carbocycles. The van der Waals surface area contributed by atoms with Gasteiger partial charge in [-0.3, -0.25) is 0 Å². The molecule has 0 aliphatic heterocycles. The van der Waals surface area contributed by atoms with E-state index in [2.05, 4.69) is 21.2 Å². The number of carbonyl (C=O) groups excluding carboxylic acids is 1. The van der Waals surface area contributed by atoms with Crippen molar-refractivity contribution in [3.8, 4) is 0 Å². The fraction of sp³-hybridized carbons (Fsp3) is 0.417. The van der Waals surface area contributed by atoms with Gasteiger partial charge in [-0.15, -0.1) is 0 Å². The summed E-state index contributed by atoms with van der Waals surface area (Å²) in [5, 5.41) is 2.89. The van der Waals surface area contributed by atoms with Crippen LogP contribution in [0.3, 0.4) is 0 Å². The third-order valence-corrected chi connectivity index (χ3v) is 2.88. The van der Waals surface area contributed by atoms with Gasteiger partial charge in [-0.2, -0.15) is 0 Å². The van der Waals surface area contributed by atoms with E-state index in [1.807, 2.05) is 38.1 Å². The number of hydrogen-bond donors (Lipinski definition) is 1. The van der Waals surface area contributed by atoms with Gasteiger partial charge in [-0.05, 0) is 31.5 Å². The minimum absolute atomic E-state index is 0.00928. The molecule has 1 aromatic carbocycles. The number of nitrogens with one attached hydrogen (secondary N) is 1. The zero-order valence-corrected chi connectivity index (χ0v) is 11.3. The quantitative estimate of drug-likeness (QED) is 0.906. The Hall–Kier alpha value is -1.03. The minimum Gasteiger partial charge on any atom is -0.334 e. The van der Waals surface area contributed by atoms with Crippen molar-refractivity contribution in [2.75, 3.05) is 13.1 Å². The van der Waals surface area contributed by atoms with Crippen LogP contribution in [-0.2, 0) is 6.54 Å². The molecule has 1 rings (SSSR count). The lowest BCUT2D eigenvalue weighted by molar-refractivity contribution is 0.203. The molecular weight excluding hydrogens is 268 g/mol. The molecule has 0 bridgehead atoms. The number of halogens is 1. The number of carbonyl (C=O) groups is 1. The number of hydrogen-bond acceptors (Lipinski definition) is 1. The first-order valence-corrected chi connectivity index (χ1v) is 6.23. The van der Waals surface area contributed by atoms with Gasteiger partial charge in [0.05, 0.1) is 0 Å². The highest BCUT2D eigenvalue weighted by molar-refractivity contribution is 9.10. The van der Waals surface area contributed by atoms with Gasteiger partial charge < -0.3 is 10.2 Å². The lowest BCUT2D eigenvalue weighted by Crippen LogP contribution is -2.39. The van der Waals surface area contributed by atoms with E-state index in [1.54, 1.807) is 4.90 Å². The van der Waals surface area contributed by atoms with Gasteiger partial charge in [-0.1, -0.05) is 28.1 Å². The van der Waals surface area contributed by atoms with Gasteiger partial charge in [0.25, 0.3) is 0 Å². The SMILES string of the molecule is CCN(CC)C(=O)NCc1cccc(Br)c1. The highest BCUT2D eigenvalue weighted by atomic mass is 79.9. The predicted octanol–water partition coefficient (Wildman–Crippen LogP) is 3.00. The molecule has 0 aromatic heterocycles. The Morgan fingerprint density at radius 2 is 2.06 bits per heavy atom. The summed E-state index contributed by atoms with van der Waals surface area (Å²) in [5.41, 5.74) is 1.09. The molecule has 0 heterocycles. The molecule has 0 atom stereocenters. The predicted molar refractivity (Wildman–Crippen MR) is 69.3 cm³/mol. The van der Waals surface area contributed by atoms with Gasteiger partial charge in [0.15, 0.2) is 0 Å². The van der Waals surface area contributed by atoms with Gasteiger partial charge in [-0.25, -0.2) is 4.79 Å². The molecule has 2 amide bonds. The molecule has 0 unspecified atom stereocenters. The third kappa shape index (κ3) is 3.85. The first-order chi connectivity index (χ1) is 7.67. The number of nitrogens with zero attached hydrogens (tertiary/aromatic N) is 1. The highest BCUT2D eigenvalue weighted by Gasteiger charge is 2.07. The highest BCUT2D eigenvalue weighted by Crippen LogP contribution is 2.11. The minimum atomic E-state index is -0.00928. The Morgan fingerprint density at radius 3 is 2.62 bits per heavy atom. The van der Waals surface area contributed by atoms with Gasteiger partial charge in [0, 0.05) is 24.1 Å². The summed E-state index contributed by atoms with van der Waals surface area (Å²) >= 11 is 3.40. The van der Waals surface area contributed by atoms with E-state index in [0.29, 0.717) is 6.54 Å². The number of rotatable bonds is 4. The van der Waals surface area contributed by atoms with Crippen LogP contribution in [0.2, 0.25) is 0 Å². The first kappa shape index (κ1) is 13.0. The van der Waals surface area contributed by atoms with Crippen molar-refractivity contribution >= 4 is 22.0 Å². The maximum absolute atomic E-state index is 11.7. The third-order valence-electron chi connectivity index (χ3n) is 2.38. The van der Waals surface area contributed by atoms with Crippen molar-refractivity contribution < 1.29 is 4.79 Å². The molecule has 0 saturated heterocycles. The number of benzene rings is 1. The topological polar surface area (TPSA) is 32.3 Å². The van der Waals surface area contributed by atoms with Crippen molar-refractivity contribution in [1.29, 1.82) is 0 Å². The van der Waals surface area contributed by atoms with Crippen molar-refractivity contribution in [2.24, 2.45) is 0 Å². The average molecular weight is 285 g/mol. The normalized spacial score (nSPS) is 9.94. The molecule has 1 aromatic rings. The fourth-order valence-electron chi connectivity index (χ4n) is 1.45. The monoisotopic (exact) mass is 284 g/mol. The maximum atomic E-state index is 11.7. The van der Waals surface area contributed by atoms with Crippen LogP contribution in [0.4, 0.5) is 4.79 Å². The summed E-state index contributed by atoms with van der Waals surface area (Å²) in [6.07, 6.45) is 0. The molecule has 0 saturated carbocycles. The summed E-state index contributed by atoms with van der Waals surface area (Å²) in [6, 6.07) is 7.92. The Bertz CT molecular complexity index is 351. The Kier molecular flexibility index (Phi) is 5.32. The largest absolute Gasteiger partial charge is 0.334 e. The molecular formula is C12H17BrN2O. The summed E-state index contributed by atoms with van der Waals surface area (Å²) < 4.78 is 1.03. The zero-order valence-electron chi connectivity index (χ0n) is 9.66.